The molecule has 2 aromatic carbocycles. The Labute approximate surface area is 179 Å². The number of carboxylic acids is 1. The average molecular weight is 471 g/mol. The third-order valence-corrected chi connectivity index (χ3v) is 4.60. The minimum Gasteiger partial charge on any atom is -0.489 e. The highest BCUT2D eigenvalue weighted by Gasteiger charge is 2.37. The number of hydrogen-bond acceptors (Lipinski definition) is 5. The predicted molar refractivity (Wildman–Crippen MR) is 112 cm³/mol. The van der Waals surface area contributed by atoms with E-state index in [2.05, 4.69) is 27.8 Å². The Morgan fingerprint density at radius 3 is 2.50 bits per heavy atom. The number of nitrogens with one attached hydrogen (secondary N) is 1. The second-order valence-electron chi connectivity index (χ2n) is 6.09. The van der Waals surface area contributed by atoms with E-state index in [9.17, 15) is 19.2 Å². The second kappa shape index (κ2) is 8.75. The molecule has 0 saturated carbocycles. The van der Waals surface area contributed by atoms with Gasteiger partial charge in [0.2, 0.25) is 0 Å². The van der Waals surface area contributed by atoms with Gasteiger partial charge in [-0.2, -0.15) is 0 Å². The van der Waals surface area contributed by atoms with E-state index in [0.29, 0.717) is 15.8 Å². The first-order valence-corrected chi connectivity index (χ1v) is 9.39. The summed E-state index contributed by atoms with van der Waals surface area (Å²) in [5.41, 5.74) is 0.283. The van der Waals surface area contributed by atoms with Crippen LogP contribution < -0.4 is 15.0 Å². The summed E-state index contributed by atoms with van der Waals surface area (Å²) in [6, 6.07) is 9.28. The van der Waals surface area contributed by atoms with Crippen molar-refractivity contribution in [2.24, 2.45) is 0 Å². The normalized spacial score (nSPS) is 15.2. The van der Waals surface area contributed by atoms with Crippen LogP contribution in [0.3, 0.4) is 0 Å². The fourth-order valence-corrected chi connectivity index (χ4v) is 3.09. The van der Waals surface area contributed by atoms with Crippen LogP contribution >= 0.6 is 15.9 Å². The van der Waals surface area contributed by atoms with Crippen LogP contribution in [0.25, 0.3) is 6.08 Å². The lowest BCUT2D eigenvalue weighted by Crippen LogP contribution is -2.54. The molecule has 1 aliphatic heterocycles. The van der Waals surface area contributed by atoms with Gasteiger partial charge in [0.1, 0.15) is 17.9 Å². The first kappa shape index (κ1) is 21.0. The van der Waals surface area contributed by atoms with Crippen molar-refractivity contribution in [3.63, 3.8) is 0 Å². The molecule has 4 amide bonds. The second-order valence-corrected chi connectivity index (χ2v) is 7.01. The van der Waals surface area contributed by atoms with Crippen molar-refractivity contribution >= 4 is 51.5 Å². The third kappa shape index (κ3) is 4.31. The van der Waals surface area contributed by atoms with Crippen molar-refractivity contribution in [2.45, 2.75) is 0 Å². The Balaban J connectivity index is 2.01. The molecular weight excluding hydrogens is 456 g/mol. The number of imide groups is 2. The fourth-order valence-electron chi connectivity index (χ4n) is 2.71. The molecule has 0 radical (unpaired) electrons. The highest BCUT2D eigenvalue weighted by molar-refractivity contribution is 9.10. The number of amides is 4. The van der Waals surface area contributed by atoms with Crippen LogP contribution in [0, 0.1) is 0 Å². The van der Waals surface area contributed by atoms with Crippen LogP contribution in [0.4, 0.5) is 10.5 Å². The predicted octanol–water partition coefficient (Wildman–Crippen LogP) is 3.38. The molecule has 0 spiro atoms. The molecular formula is C21H15BrN2O6. The molecule has 1 heterocycles. The number of nitrogens with zero attached hydrogens (tertiary/aromatic N) is 1. The van der Waals surface area contributed by atoms with Gasteiger partial charge in [0.25, 0.3) is 11.8 Å². The zero-order valence-electron chi connectivity index (χ0n) is 15.4. The number of ether oxygens (including phenoxy) is 1. The number of barbiturate groups is 1. The maximum Gasteiger partial charge on any atom is 0.335 e. The standard InChI is InChI=1S/C21H15BrN2O6/c1-2-9-30-17-8-5-14(22)10-13(17)11-16-18(25)23-21(29)24(19(16)26)15-6-3-12(4-7-15)20(27)28/h2-8,10-11H,1,9H2,(H,27,28)(H,23,25,29)/b16-11+. The first-order chi connectivity index (χ1) is 14.3. The Bertz CT molecular complexity index is 1090. The van der Waals surface area contributed by atoms with Crippen LogP contribution in [-0.4, -0.2) is 35.5 Å². The van der Waals surface area contributed by atoms with E-state index in [1.807, 2.05) is 0 Å². The molecule has 2 aromatic rings. The lowest BCUT2D eigenvalue weighted by atomic mass is 10.1. The number of carboxylic acid groups (broad SMARTS) is 1. The zero-order chi connectivity index (χ0) is 21.8. The number of rotatable bonds is 6. The van der Waals surface area contributed by atoms with Gasteiger partial charge in [-0.15, -0.1) is 0 Å². The summed E-state index contributed by atoms with van der Waals surface area (Å²) in [6.45, 7) is 3.80. The van der Waals surface area contributed by atoms with E-state index in [-0.39, 0.29) is 23.4 Å². The molecule has 0 aromatic heterocycles. The lowest BCUT2D eigenvalue weighted by molar-refractivity contribution is -0.122. The minimum absolute atomic E-state index is 0.00592. The molecule has 1 fully saturated rings. The molecule has 0 atom stereocenters. The van der Waals surface area contributed by atoms with Crippen molar-refractivity contribution in [1.82, 2.24) is 5.32 Å². The number of anilines is 1. The summed E-state index contributed by atoms with van der Waals surface area (Å²) in [5.74, 6) is -2.42. The van der Waals surface area contributed by atoms with Crippen molar-refractivity contribution < 1.29 is 29.0 Å². The van der Waals surface area contributed by atoms with Crippen LogP contribution in [0.15, 0.2) is 65.2 Å². The number of carbonyl (C=O) groups is 4. The molecule has 0 unspecified atom stereocenters. The molecule has 8 nitrogen and oxygen atoms in total. The fraction of sp³-hybridized carbons (Fsp3) is 0.0476. The van der Waals surface area contributed by atoms with Crippen LogP contribution in [0.2, 0.25) is 0 Å². The molecule has 0 bridgehead atoms. The maximum absolute atomic E-state index is 13.0. The molecule has 0 aliphatic carbocycles. The molecule has 1 saturated heterocycles. The zero-order valence-corrected chi connectivity index (χ0v) is 17.0. The summed E-state index contributed by atoms with van der Waals surface area (Å²) >= 11 is 3.33. The number of aromatic carboxylic acids is 1. The Hall–Kier alpha value is -3.72. The molecule has 30 heavy (non-hydrogen) atoms. The SMILES string of the molecule is C=CCOc1ccc(Br)cc1/C=C1\C(=O)NC(=O)N(c2ccc(C(=O)O)cc2)C1=O. The molecule has 2 N–H and O–H groups in total. The van der Waals surface area contributed by atoms with E-state index in [1.165, 1.54) is 30.3 Å². The maximum atomic E-state index is 13.0. The average Bonchev–Trinajstić information content (AvgIpc) is 2.70. The molecule has 1 aliphatic rings. The Morgan fingerprint density at radius 1 is 1.17 bits per heavy atom. The van der Waals surface area contributed by atoms with Crippen LogP contribution in [0.1, 0.15) is 15.9 Å². The summed E-state index contributed by atoms with van der Waals surface area (Å²) < 4.78 is 6.25. The van der Waals surface area contributed by atoms with Crippen LogP contribution in [0.5, 0.6) is 5.75 Å². The summed E-state index contributed by atoms with van der Waals surface area (Å²) in [4.78, 5) is 49.4. The van der Waals surface area contributed by atoms with Gasteiger partial charge in [-0.1, -0.05) is 28.6 Å². The number of benzene rings is 2. The Morgan fingerprint density at radius 2 is 1.87 bits per heavy atom. The molecule has 9 heteroatoms. The molecule has 3 rings (SSSR count). The van der Waals surface area contributed by atoms with Gasteiger partial charge in [0.05, 0.1) is 11.3 Å². The monoisotopic (exact) mass is 470 g/mol. The first-order valence-electron chi connectivity index (χ1n) is 8.60. The smallest absolute Gasteiger partial charge is 0.335 e. The summed E-state index contributed by atoms with van der Waals surface area (Å²) in [5, 5.41) is 11.1. The quantitative estimate of drug-likeness (QED) is 0.380. The van der Waals surface area contributed by atoms with Gasteiger partial charge in [-0.3, -0.25) is 14.9 Å². The van der Waals surface area contributed by atoms with E-state index in [0.717, 1.165) is 4.90 Å². The van der Waals surface area contributed by atoms with E-state index >= 15 is 0 Å². The molecule has 152 valence electrons. The topological polar surface area (TPSA) is 113 Å². The van der Waals surface area contributed by atoms with E-state index in [1.54, 1.807) is 24.3 Å². The lowest BCUT2D eigenvalue weighted by Gasteiger charge is -2.26. The van der Waals surface area contributed by atoms with E-state index < -0.39 is 23.8 Å². The Kier molecular flexibility index (Phi) is 6.12. The van der Waals surface area contributed by atoms with Gasteiger partial charge < -0.3 is 9.84 Å². The highest BCUT2D eigenvalue weighted by Crippen LogP contribution is 2.28. The largest absolute Gasteiger partial charge is 0.489 e. The van der Waals surface area contributed by atoms with Crippen molar-refractivity contribution in [3.05, 3.63) is 76.3 Å². The number of urea groups is 1. The van der Waals surface area contributed by atoms with Crippen molar-refractivity contribution in [2.75, 3.05) is 11.5 Å². The highest BCUT2D eigenvalue weighted by atomic mass is 79.9. The van der Waals surface area contributed by atoms with Gasteiger partial charge in [-0.25, -0.2) is 14.5 Å². The number of hydrogen-bond donors (Lipinski definition) is 2. The van der Waals surface area contributed by atoms with E-state index in [4.69, 9.17) is 9.84 Å². The number of halogens is 1. The summed E-state index contributed by atoms with van der Waals surface area (Å²) in [6.07, 6.45) is 2.88. The van der Waals surface area contributed by atoms with Crippen molar-refractivity contribution in [1.29, 1.82) is 0 Å². The van der Waals surface area contributed by atoms with Crippen LogP contribution in [-0.2, 0) is 9.59 Å². The summed E-state index contributed by atoms with van der Waals surface area (Å²) in [7, 11) is 0. The van der Waals surface area contributed by atoms with Gasteiger partial charge in [-0.05, 0) is 48.5 Å². The van der Waals surface area contributed by atoms with Gasteiger partial charge in [0.15, 0.2) is 0 Å². The number of carbonyl (C=O) groups excluding carboxylic acids is 3. The third-order valence-electron chi connectivity index (χ3n) is 4.10. The van der Waals surface area contributed by atoms with Crippen molar-refractivity contribution in [3.8, 4) is 5.75 Å². The van der Waals surface area contributed by atoms with Gasteiger partial charge in [0, 0.05) is 10.0 Å². The minimum atomic E-state index is -1.14. The van der Waals surface area contributed by atoms with Gasteiger partial charge >= 0.3 is 12.0 Å².